The van der Waals surface area contributed by atoms with Gasteiger partial charge in [-0.05, 0) is 25.5 Å². The summed E-state index contributed by atoms with van der Waals surface area (Å²) in [7, 11) is 1.24. The number of benzene rings is 2. The van der Waals surface area contributed by atoms with E-state index in [0.717, 1.165) is 6.07 Å². The number of hydrogen-bond donors (Lipinski definition) is 2. The fourth-order valence-electron chi connectivity index (χ4n) is 4.41. The summed E-state index contributed by atoms with van der Waals surface area (Å²) in [6.45, 7) is 2.84. The molecule has 3 aromatic rings. The van der Waals surface area contributed by atoms with Crippen molar-refractivity contribution in [3.05, 3.63) is 99.0 Å². The molecule has 0 spiro atoms. The Hall–Kier alpha value is -4.54. The zero-order valence-corrected chi connectivity index (χ0v) is 21.5. The van der Waals surface area contributed by atoms with E-state index in [0.29, 0.717) is 11.6 Å². The minimum absolute atomic E-state index is 0.00689. The van der Waals surface area contributed by atoms with Gasteiger partial charge in [-0.3, -0.25) is 19.2 Å². The maximum atomic E-state index is 14.1. The van der Waals surface area contributed by atoms with Crippen molar-refractivity contribution in [2.75, 3.05) is 13.7 Å². The van der Waals surface area contributed by atoms with Crippen LogP contribution in [0.15, 0.2) is 59.5 Å². The van der Waals surface area contributed by atoms with Gasteiger partial charge in [0.1, 0.15) is 23.8 Å². The fraction of sp³-hybridized carbons (Fsp3) is 0.286. The van der Waals surface area contributed by atoms with E-state index in [1.165, 1.54) is 23.9 Å². The average Bonchev–Trinajstić information content (AvgIpc) is 2.91. The molecule has 39 heavy (non-hydrogen) atoms. The number of carbonyl (C=O) groups is 3. The van der Waals surface area contributed by atoms with Crippen LogP contribution in [0.5, 0.6) is 5.75 Å². The smallest absolute Gasteiger partial charge is 0.313 e. The maximum absolute atomic E-state index is 14.1. The predicted molar refractivity (Wildman–Crippen MR) is 136 cm³/mol. The monoisotopic (exact) mass is 539 g/mol. The lowest BCUT2D eigenvalue weighted by atomic mass is 9.82. The van der Waals surface area contributed by atoms with Gasteiger partial charge >= 0.3 is 5.97 Å². The standard InChI is InChI=1S/C28H27F2N3O6/c1-28(2,27(37)38-3)21-13-32-26(36)22-24(39-15-16-7-5-4-6-8-16)23(34)19(14-33(21)22)25(35)31-12-17-9-10-18(29)11-20(17)30/h4-11,14,21H,12-13,15H2,1-3H3,(H,31,35)(H,32,36)/t21-/m1/s1. The summed E-state index contributed by atoms with van der Waals surface area (Å²) in [5.74, 6) is -4.06. The number of hydrogen-bond acceptors (Lipinski definition) is 6. The predicted octanol–water partition coefficient (Wildman–Crippen LogP) is 3.12. The Morgan fingerprint density at radius 1 is 1.13 bits per heavy atom. The Balaban J connectivity index is 1.79. The van der Waals surface area contributed by atoms with Crippen LogP contribution in [-0.4, -0.2) is 36.0 Å². The SMILES string of the molecule is COC(=O)C(C)(C)[C@H]1CNC(=O)c2c(OCc3ccccc3)c(=O)c(C(=O)NCc3ccc(F)cc3F)cn21. The van der Waals surface area contributed by atoms with Crippen LogP contribution in [0, 0.1) is 17.0 Å². The lowest BCUT2D eigenvalue weighted by Crippen LogP contribution is -2.49. The molecule has 11 heteroatoms. The summed E-state index contributed by atoms with van der Waals surface area (Å²) in [5.41, 5.74) is -1.86. The van der Waals surface area contributed by atoms with Crippen LogP contribution in [0.2, 0.25) is 0 Å². The number of rotatable bonds is 8. The lowest BCUT2D eigenvalue weighted by molar-refractivity contribution is -0.153. The van der Waals surface area contributed by atoms with Crippen molar-refractivity contribution in [2.45, 2.75) is 33.0 Å². The first kappa shape index (κ1) is 27.5. The molecule has 4 rings (SSSR count). The highest BCUT2D eigenvalue weighted by atomic mass is 19.1. The molecule has 0 bridgehead atoms. The van der Waals surface area contributed by atoms with Crippen LogP contribution >= 0.6 is 0 Å². The molecule has 204 valence electrons. The van der Waals surface area contributed by atoms with Crippen molar-refractivity contribution in [2.24, 2.45) is 5.41 Å². The van der Waals surface area contributed by atoms with Crippen molar-refractivity contribution in [3.63, 3.8) is 0 Å². The summed E-state index contributed by atoms with van der Waals surface area (Å²) in [5, 5.41) is 5.15. The van der Waals surface area contributed by atoms with E-state index in [1.807, 2.05) is 6.07 Å². The summed E-state index contributed by atoms with van der Waals surface area (Å²) in [4.78, 5) is 52.3. The molecule has 9 nitrogen and oxygen atoms in total. The van der Waals surface area contributed by atoms with Crippen LogP contribution in [0.3, 0.4) is 0 Å². The van der Waals surface area contributed by atoms with E-state index in [-0.39, 0.29) is 42.3 Å². The molecule has 0 fully saturated rings. The van der Waals surface area contributed by atoms with Crippen molar-refractivity contribution >= 4 is 17.8 Å². The van der Waals surface area contributed by atoms with E-state index >= 15 is 0 Å². The third-order valence-electron chi connectivity index (χ3n) is 6.67. The van der Waals surface area contributed by atoms with Gasteiger partial charge in [-0.2, -0.15) is 0 Å². The van der Waals surface area contributed by atoms with Crippen molar-refractivity contribution in [1.82, 2.24) is 15.2 Å². The third kappa shape index (κ3) is 5.52. The van der Waals surface area contributed by atoms with Gasteiger partial charge in [-0.15, -0.1) is 0 Å². The number of nitrogens with one attached hydrogen (secondary N) is 2. The molecule has 1 atom stereocenters. The summed E-state index contributed by atoms with van der Waals surface area (Å²) in [6, 6.07) is 11.1. The largest absolute Gasteiger partial charge is 0.483 e. The van der Waals surface area contributed by atoms with Crippen LogP contribution in [0.1, 0.15) is 51.9 Å². The van der Waals surface area contributed by atoms with Crippen LogP contribution < -0.4 is 20.8 Å². The Bertz CT molecular complexity index is 1490. The van der Waals surface area contributed by atoms with Crippen molar-refractivity contribution in [1.29, 1.82) is 0 Å². The quantitative estimate of drug-likeness (QED) is 0.425. The van der Waals surface area contributed by atoms with Gasteiger partial charge in [0.15, 0.2) is 11.4 Å². The minimum Gasteiger partial charge on any atom is -0.483 e. The summed E-state index contributed by atoms with van der Waals surface area (Å²) in [6.07, 6.45) is 1.19. The van der Waals surface area contributed by atoms with Crippen LogP contribution in [0.4, 0.5) is 8.78 Å². The Kier molecular flexibility index (Phi) is 7.80. The van der Waals surface area contributed by atoms with Gasteiger partial charge in [0.25, 0.3) is 11.8 Å². The second kappa shape index (κ2) is 11.1. The number of aromatic nitrogens is 1. The number of fused-ring (bicyclic) bond motifs is 1. The number of carbonyl (C=O) groups excluding carboxylic acids is 3. The van der Waals surface area contributed by atoms with E-state index in [9.17, 15) is 28.0 Å². The number of halogens is 2. The highest BCUT2D eigenvalue weighted by molar-refractivity contribution is 5.99. The average molecular weight is 540 g/mol. The second-order valence-corrected chi connectivity index (χ2v) is 9.59. The molecule has 0 saturated carbocycles. The normalized spacial score (nSPS) is 14.7. The maximum Gasteiger partial charge on any atom is 0.313 e. The molecule has 0 saturated heterocycles. The molecule has 0 aliphatic carbocycles. The van der Waals surface area contributed by atoms with Gasteiger partial charge in [0.05, 0.1) is 18.6 Å². The highest BCUT2D eigenvalue weighted by Gasteiger charge is 2.44. The lowest BCUT2D eigenvalue weighted by Gasteiger charge is -2.38. The molecule has 2 heterocycles. The van der Waals surface area contributed by atoms with E-state index in [4.69, 9.17) is 9.47 Å². The Morgan fingerprint density at radius 2 is 1.85 bits per heavy atom. The number of nitrogens with zero attached hydrogens (tertiary/aromatic N) is 1. The first-order valence-corrected chi connectivity index (χ1v) is 12.1. The molecule has 1 aromatic heterocycles. The summed E-state index contributed by atoms with van der Waals surface area (Å²) >= 11 is 0. The molecule has 2 amide bonds. The summed E-state index contributed by atoms with van der Waals surface area (Å²) < 4.78 is 39.5. The number of ether oxygens (including phenoxy) is 2. The van der Waals surface area contributed by atoms with Gasteiger partial charge < -0.3 is 24.7 Å². The van der Waals surface area contributed by atoms with Crippen molar-refractivity contribution in [3.8, 4) is 5.75 Å². The topological polar surface area (TPSA) is 116 Å². The van der Waals surface area contributed by atoms with E-state index in [2.05, 4.69) is 10.6 Å². The molecule has 2 N–H and O–H groups in total. The molecule has 0 radical (unpaired) electrons. The number of pyridine rings is 1. The second-order valence-electron chi connectivity index (χ2n) is 9.59. The van der Waals surface area contributed by atoms with Gasteiger partial charge in [-0.1, -0.05) is 36.4 Å². The number of esters is 1. The Labute approximate surface area is 222 Å². The zero-order valence-electron chi connectivity index (χ0n) is 21.5. The number of methoxy groups -OCH3 is 1. The third-order valence-corrected chi connectivity index (χ3v) is 6.67. The highest BCUT2D eigenvalue weighted by Crippen LogP contribution is 2.36. The first-order valence-electron chi connectivity index (χ1n) is 12.1. The van der Waals surface area contributed by atoms with E-state index in [1.54, 1.807) is 38.1 Å². The zero-order chi connectivity index (χ0) is 28.3. The van der Waals surface area contributed by atoms with E-state index < -0.39 is 46.3 Å². The van der Waals surface area contributed by atoms with Gasteiger partial charge in [0, 0.05) is 30.9 Å². The molecule has 2 aromatic carbocycles. The van der Waals surface area contributed by atoms with Gasteiger partial charge in [-0.25, -0.2) is 8.78 Å². The fourth-order valence-corrected chi connectivity index (χ4v) is 4.41. The molecular weight excluding hydrogens is 512 g/mol. The Morgan fingerprint density at radius 3 is 2.51 bits per heavy atom. The molecule has 1 aliphatic heterocycles. The first-order chi connectivity index (χ1) is 18.5. The molecular formula is C28H27F2N3O6. The van der Waals surface area contributed by atoms with Crippen molar-refractivity contribution < 1.29 is 32.6 Å². The van der Waals surface area contributed by atoms with Gasteiger partial charge in [0.2, 0.25) is 5.43 Å². The minimum atomic E-state index is -1.19. The molecule has 1 aliphatic rings. The number of amides is 2. The van der Waals surface area contributed by atoms with Crippen LogP contribution in [0.25, 0.3) is 0 Å². The van der Waals surface area contributed by atoms with Crippen LogP contribution in [-0.2, 0) is 22.7 Å². The molecule has 0 unspecified atom stereocenters.